The van der Waals surface area contributed by atoms with E-state index in [9.17, 15) is 14.4 Å². The summed E-state index contributed by atoms with van der Waals surface area (Å²) in [4.78, 5) is 35.3. The van der Waals surface area contributed by atoms with E-state index in [1.165, 1.54) is 14.0 Å². The van der Waals surface area contributed by atoms with Crippen molar-refractivity contribution in [3.8, 4) is 0 Å². The van der Waals surface area contributed by atoms with Crippen LogP contribution in [0.4, 0.5) is 4.79 Å². The molecule has 21 heavy (non-hydrogen) atoms. The van der Waals surface area contributed by atoms with Gasteiger partial charge in [0.1, 0.15) is 22.3 Å². The second kappa shape index (κ2) is 6.26. The molecule has 1 atom stereocenters. The number of thiophene rings is 1. The van der Waals surface area contributed by atoms with Gasteiger partial charge in [0.15, 0.2) is 0 Å². The van der Waals surface area contributed by atoms with Crippen LogP contribution in [0, 0.1) is 0 Å². The van der Waals surface area contributed by atoms with Gasteiger partial charge in [-0.1, -0.05) is 0 Å². The lowest BCUT2D eigenvalue weighted by Gasteiger charge is -2.27. The molecule has 0 saturated heterocycles. The molecule has 1 unspecified atom stereocenters. The van der Waals surface area contributed by atoms with Crippen LogP contribution in [0.2, 0.25) is 0 Å². The highest BCUT2D eigenvalue weighted by atomic mass is 32.1. The highest BCUT2D eigenvalue weighted by Gasteiger charge is 2.35. The Bertz CT molecular complexity index is 546. The molecule has 0 fully saturated rings. The van der Waals surface area contributed by atoms with Crippen LogP contribution in [-0.4, -0.2) is 31.1 Å². The number of methoxy groups -OCH3 is 1. The van der Waals surface area contributed by atoms with E-state index in [-0.39, 0.29) is 4.88 Å². The predicted molar refractivity (Wildman–Crippen MR) is 78.4 cm³/mol. The van der Waals surface area contributed by atoms with Crippen molar-refractivity contribution in [2.24, 2.45) is 0 Å². The van der Waals surface area contributed by atoms with E-state index in [1.54, 1.807) is 32.2 Å². The maximum absolute atomic E-state index is 11.9. The van der Waals surface area contributed by atoms with Gasteiger partial charge >= 0.3 is 12.1 Å². The molecule has 0 aliphatic rings. The van der Waals surface area contributed by atoms with Crippen LogP contribution in [0.1, 0.15) is 42.9 Å². The fraction of sp³-hybridized carbons (Fsp3) is 0.500. The summed E-state index contributed by atoms with van der Waals surface area (Å²) in [6, 6.07) is 1.60. The second-order valence-electron chi connectivity index (χ2n) is 5.60. The number of hydrogen-bond acceptors (Lipinski definition) is 6. The van der Waals surface area contributed by atoms with E-state index in [0.717, 1.165) is 11.3 Å². The zero-order valence-corrected chi connectivity index (χ0v) is 13.5. The summed E-state index contributed by atoms with van der Waals surface area (Å²) in [7, 11) is 1.26. The Morgan fingerprint density at radius 3 is 2.38 bits per heavy atom. The van der Waals surface area contributed by atoms with E-state index >= 15 is 0 Å². The zero-order valence-electron chi connectivity index (χ0n) is 12.7. The third-order valence-electron chi connectivity index (χ3n) is 2.59. The largest absolute Gasteiger partial charge is 0.465 e. The molecule has 1 rings (SSSR count). The standard InChI is InChI=1S/C14H19NO5S/c1-13(2,3)20-12(18)15-14(4,8-16)9-6-7-21-10(9)11(17)19-5/h6-8H,1-5H3,(H,15,18). The number of hydrogen-bond donors (Lipinski definition) is 1. The van der Waals surface area contributed by atoms with Crippen molar-refractivity contribution < 1.29 is 23.9 Å². The van der Waals surface area contributed by atoms with Gasteiger partial charge in [-0.15, -0.1) is 11.3 Å². The molecule has 1 heterocycles. The average Bonchev–Trinajstić information content (AvgIpc) is 2.85. The molecule has 0 spiro atoms. The summed E-state index contributed by atoms with van der Waals surface area (Å²) in [6.45, 7) is 6.65. The van der Waals surface area contributed by atoms with Gasteiger partial charge in [0.25, 0.3) is 0 Å². The molecule has 0 aliphatic heterocycles. The summed E-state index contributed by atoms with van der Waals surface area (Å²) in [5, 5.41) is 4.14. The highest BCUT2D eigenvalue weighted by molar-refractivity contribution is 7.12. The molecule has 0 radical (unpaired) electrons. The number of alkyl carbamates (subject to hydrolysis) is 1. The first-order chi connectivity index (χ1) is 9.63. The van der Waals surface area contributed by atoms with Crippen LogP contribution in [0.3, 0.4) is 0 Å². The minimum absolute atomic E-state index is 0.267. The molecule has 0 aliphatic carbocycles. The van der Waals surface area contributed by atoms with Gasteiger partial charge in [0.2, 0.25) is 0 Å². The maximum atomic E-state index is 11.9. The maximum Gasteiger partial charge on any atom is 0.408 e. The molecule has 0 saturated carbocycles. The minimum Gasteiger partial charge on any atom is -0.465 e. The van der Waals surface area contributed by atoms with Crippen molar-refractivity contribution >= 4 is 29.7 Å². The van der Waals surface area contributed by atoms with Crippen LogP contribution in [0.15, 0.2) is 11.4 Å². The van der Waals surface area contributed by atoms with Crippen molar-refractivity contribution in [1.29, 1.82) is 0 Å². The van der Waals surface area contributed by atoms with Gasteiger partial charge in [-0.2, -0.15) is 0 Å². The minimum atomic E-state index is -1.37. The smallest absolute Gasteiger partial charge is 0.408 e. The highest BCUT2D eigenvalue weighted by Crippen LogP contribution is 2.28. The molecule has 0 aromatic carbocycles. The quantitative estimate of drug-likeness (QED) is 0.682. The van der Waals surface area contributed by atoms with Gasteiger partial charge in [0, 0.05) is 5.56 Å². The molecule has 6 nitrogen and oxygen atoms in total. The van der Waals surface area contributed by atoms with Crippen molar-refractivity contribution in [3.63, 3.8) is 0 Å². The van der Waals surface area contributed by atoms with Crippen LogP contribution >= 0.6 is 11.3 Å². The Morgan fingerprint density at radius 1 is 1.29 bits per heavy atom. The van der Waals surface area contributed by atoms with Crippen molar-refractivity contribution in [1.82, 2.24) is 5.32 Å². The molecule has 0 bridgehead atoms. The predicted octanol–water partition coefficient (Wildman–Crippen LogP) is 2.47. The molecule has 1 aromatic heterocycles. The first-order valence-corrected chi connectivity index (χ1v) is 7.14. The van der Waals surface area contributed by atoms with Crippen LogP contribution < -0.4 is 5.32 Å². The van der Waals surface area contributed by atoms with E-state index in [2.05, 4.69) is 10.1 Å². The van der Waals surface area contributed by atoms with E-state index in [0.29, 0.717) is 11.8 Å². The normalized spacial score (nSPS) is 14.0. The second-order valence-corrected chi connectivity index (χ2v) is 6.52. The molecule has 1 amide bonds. The zero-order chi connectivity index (χ0) is 16.3. The fourth-order valence-corrected chi connectivity index (χ4v) is 2.57. The average molecular weight is 313 g/mol. The number of amides is 1. The number of carbonyl (C=O) groups excluding carboxylic acids is 3. The van der Waals surface area contributed by atoms with Gasteiger partial charge in [-0.3, -0.25) is 0 Å². The van der Waals surface area contributed by atoms with Crippen LogP contribution in [0.5, 0.6) is 0 Å². The molecule has 1 N–H and O–H groups in total. The lowest BCUT2D eigenvalue weighted by molar-refractivity contribution is -0.113. The summed E-state index contributed by atoms with van der Waals surface area (Å²) in [6.07, 6.45) is -0.176. The number of esters is 1. The van der Waals surface area contributed by atoms with Crippen LogP contribution in [-0.2, 0) is 19.8 Å². The van der Waals surface area contributed by atoms with Gasteiger partial charge in [0.05, 0.1) is 7.11 Å². The molecule has 7 heteroatoms. The first-order valence-electron chi connectivity index (χ1n) is 6.27. The molecule has 116 valence electrons. The van der Waals surface area contributed by atoms with Gasteiger partial charge < -0.3 is 19.6 Å². The lowest BCUT2D eigenvalue weighted by Crippen LogP contribution is -2.47. The third kappa shape index (κ3) is 4.29. The number of rotatable bonds is 4. The Kier molecular flexibility index (Phi) is 5.11. The Labute approximate surface area is 127 Å². The van der Waals surface area contributed by atoms with Crippen molar-refractivity contribution in [2.45, 2.75) is 38.8 Å². The van der Waals surface area contributed by atoms with Gasteiger partial charge in [-0.25, -0.2) is 9.59 Å². The molecular weight excluding hydrogens is 294 g/mol. The topological polar surface area (TPSA) is 81.7 Å². The summed E-state index contributed by atoms with van der Waals surface area (Å²) < 4.78 is 9.81. The first kappa shape index (κ1) is 17.2. The Morgan fingerprint density at radius 2 is 1.90 bits per heavy atom. The summed E-state index contributed by atoms with van der Waals surface area (Å²) in [5.74, 6) is -0.556. The Balaban J connectivity index is 3.06. The van der Waals surface area contributed by atoms with Gasteiger partial charge in [-0.05, 0) is 39.1 Å². The Hall–Kier alpha value is -1.89. The van der Waals surface area contributed by atoms with Crippen molar-refractivity contribution in [3.05, 3.63) is 21.9 Å². The summed E-state index contributed by atoms with van der Waals surface area (Å²) >= 11 is 1.14. The summed E-state index contributed by atoms with van der Waals surface area (Å²) in [5.41, 5.74) is -1.68. The molecule has 1 aromatic rings. The molecular formula is C14H19NO5S. The van der Waals surface area contributed by atoms with E-state index in [1.807, 2.05) is 0 Å². The number of ether oxygens (including phenoxy) is 2. The number of carbonyl (C=O) groups is 3. The fourth-order valence-electron chi connectivity index (χ4n) is 1.64. The van der Waals surface area contributed by atoms with E-state index in [4.69, 9.17) is 4.74 Å². The third-order valence-corrected chi connectivity index (χ3v) is 3.49. The van der Waals surface area contributed by atoms with Crippen LogP contribution in [0.25, 0.3) is 0 Å². The lowest BCUT2D eigenvalue weighted by atomic mass is 9.94. The SMILES string of the molecule is COC(=O)c1sccc1C(C)(C=O)NC(=O)OC(C)(C)C. The number of nitrogens with one attached hydrogen (secondary N) is 1. The number of aldehydes is 1. The van der Waals surface area contributed by atoms with Crippen molar-refractivity contribution in [2.75, 3.05) is 7.11 Å². The monoisotopic (exact) mass is 313 g/mol. The van der Waals surface area contributed by atoms with E-state index < -0.39 is 23.2 Å².